The number of nitrogens with zero attached hydrogens (tertiary/aromatic N) is 3. The summed E-state index contributed by atoms with van der Waals surface area (Å²) in [6.45, 7) is 7.42. The van der Waals surface area contributed by atoms with Crippen molar-refractivity contribution in [1.29, 1.82) is 0 Å². The van der Waals surface area contributed by atoms with Crippen molar-refractivity contribution in [2.45, 2.75) is 27.3 Å². The number of nitro groups is 1. The summed E-state index contributed by atoms with van der Waals surface area (Å²) in [7, 11) is 0. The molecule has 0 atom stereocenters. The van der Waals surface area contributed by atoms with Crippen LogP contribution in [0.4, 0.5) is 5.69 Å². The van der Waals surface area contributed by atoms with Crippen molar-refractivity contribution < 1.29 is 4.92 Å². The Morgan fingerprint density at radius 1 is 1.40 bits per heavy atom. The summed E-state index contributed by atoms with van der Waals surface area (Å²) in [5.74, 6) is 0. The number of hydrogen-bond acceptors (Lipinski definition) is 4. The van der Waals surface area contributed by atoms with Crippen LogP contribution in [0.3, 0.4) is 0 Å². The molecule has 0 radical (unpaired) electrons. The van der Waals surface area contributed by atoms with Gasteiger partial charge in [0.25, 0.3) is 5.69 Å². The zero-order valence-electron chi connectivity index (χ0n) is 11.9. The highest BCUT2D eigenvalue weighted by Crippen LogP contribution is 2.21. The number of nitrogens with one attached hydrogen (secondary N) is 1. The molecule has 0 fully saturated rings. The molecule has 0 aliphatic heterocycles. The number of aromatic nitrogens is 2. The SMILES string of the molecule is CCNCc1cn(-c2ccc([N+](=O)[O-])c(C)c2)nc1C. The molecule has 0 unspecified atom stereocenters. The Morgan fingerprint density at radius 2 is 2.15 bits per heavy atom. The van der Waals surface area contributed by atoms with E-state index in [0.29, 0.717) is 5.56 Å². The minimum absolute atomic E-state index is 0.130. The molecule has 0 aliphatic carbocycles. The summed E-state index contributed by atoms with van der Waals surface area (Å²) in [5.41, 5.74) is 3.68. The molecule has 1 N–H and O–H groups in total. The monoisotopic (exact) mass is 274 g/mol. The second-order valence-corrected chi connectivity index (χ2v) is 4.69. The van der Waals surface area contributed by atoms with Gasteiger partial charge in [0, 0.05) is 29.9 Å². The molecule has 0 aliphatic rings. The van der Waals surface area contributed by atoms with E-state index in [1.807, 2.05) is 13.1 Å². The van der Waals surface area contributed by atoms with Gasteiger partial charge in [-0.1, -0.05) is 6.92 Å². The summed E-state index contributed by atoms with van der Waals surface area (Å²) < 4.78 is 1.76. The van der Waals surface area contributed by atoms with Gasteiger partial charge in [-0.3, -0.25) is 10.1 Å². The second kappa shape index (κ2) is 5.83. The van der Waals surface area contributed by atoms with Gasteiger partial charge in [0.05, 0.1) is 16.3 Å². The van der Waals surface area contributed by atoms with E-state index in [2.05, 4.69) is 17.3 Å². The van der Waals surface area contributed by atoms with E-state index in [4.69, 9.17) is 0 Å². The van der Waals surface area contributed by atoms with E-state index in [0.717, 1.165) is 30.0 Å². The molecule has 106 valence electrons. The lowest BCUT2D eigenvalue weighted by Crippen LogP contribution is -2.11. The molecule has 6 heteroatoms. The van der Waals surface area contributed by atoms with Gasteiger partial charge in [-0.05, 0) is 32.5 Å². The molecule has 0 bridgehead atoms. The minimum Gasteiger partial charge on any atom is -0.313 e. The topological polar surface area (TPSA) is 73.0 Å². The third-order valence-corrected chi connectivity index (χ3v) is 3.21. The van der Waals surface area contributed by atoms with E-state index in [1.54, 1.807) is 23.7 Å². The van der Waals surface area contributed by atoms with Gasteiger partial charge in [0.15, 0.2) is 0 Å². The molecule has 1 heterocycles. The van der Waals surface area contributed by atoms with Crippen LogP contribution in [0.1, 0.15) is 23.7 Å². The fourth-order valence-corrected chi connectivity index (χ4v) is 2.05. The average molecular weight is 274 g/mol. The van der Waals surface area contributed by atoms with Gasteiger partial charge in [-0.2, -0.15) is 5.10 Å². The molecule has 1 aromatic carbocycles. The van der Waals surface area contributed by atoms with Gasteiger partial charge >= 0.3 is 0 Å². The normalized spacial score (nSPS) is 10.8. The average Bonchev–Trinajstić information content (AvgIpc) is 2.77. The zero-order valence-corrected chi connectivity index (χ0v) is 11.9. The van der Waals surface area contributed by atoms with E-state index >= 15 is 0 Å². The number of rotatable bonds is 5. The Labute approximate surface area is 117 Å². The minimum atomic E-state index is -0.371. The quantitative estimate of drug-likeness (QED) is 0.671. The van der Waals surface area contributed by atoms with Crippen molar-refractivity contribution in [3.8, 4) is 5.69 Å². The van der Waals surface area contributed by atoms with Crippen LogP contribution in [0, 0.1) is 24.0 Å². The lowest BCUT2D eigenvalue weighted by molar-refractivity contribution is -0.385. The Morgan fingerprint density at radius 3 is 2.75 bits per heavy atom. The molecule has 0 amide bonds. The van der Waals surface area contributed by atoms with Crippen LogP contribution in [0.5, 0.6) is 0 Å². The maximum Gasteiger partial charge on any atom is 0.272 e. The van der Waals surface area contributed by atoms with Crippen LogP contribution in [0.2, 0.25) is 0 Å². The molecule has 1 aromatic heterocycles. The van der Waals surface area contributed by atoms with E-state index < -0.39 is 0 Å². The van der Waals surface area contributed by atoms with Crippen LogP contribution in [-0.2, 0) is 6.54 Å². The van der Waals surface area contributed by atoms with Crippen molar-refractivity contribution in [3.63, 3.8) is 0 Å². The summed E-state index contributed by atoms with van der Waals surface area (Å²) in [6, 6.07) is 5.02. The lowest BCUT2D eigenvalue weighted by atomic mass is 10.2. The highest BCUT2D eigenvalue weighted by atomic mass is 16.6. The van der Waals surface area contributed by atoms with E-state index in [1.165, 1.54) is 6.07 Å². The van der Waals surface area contributed by atoms with Crippen LogP contribution in [0.15, 0.2) is 24.4 Å². The smallest absolute Gasteiger partial charge is 0.272 e. The van der Waals surface area contributed by atoms with Crippen LogP contribution < -0.4 is 5.32 Å². The Bertz CT molecular complexity index is 634. The molecular formula is C14H18N4O2. The molecule has 0 saturated carbocycles. The number of aryl methyl sites for hydroxylation is 2. The first-order valence-corrected chi connectivity index (χ1v) is 6.54. The number of nitro benzene ring substituents is 1. The van der Waals surface area contributed by atoms with Crippen molar-refractivity contribution in [2.75, 3.05) is 6.54 Å². The Balaban J connectivity index is 2.32. The van der Waals surface area contributed by atoms with Crippen molar-refractivity contribution in [1.82, 2.24) is 15.1 Å². The highest BCUT2D eigenvalue weighted by Gasteiger charge is 2.12. The van der Waals surface area contributed by atoms with E-state index in [9.17, 15) is 10.1 Å². The maximum absolute atomic E-state index is 10.8. The lowest BCUT2D eigenvalue weighted by Gasteiger charge is -2.03. The Hall–Kier alpha value is -2.21. The first-order chi connectivity index (χ1) is 9.52. The summed E-state index contributed by atoms with van der Waals surface area (Å²) in [6.07, 6.45) is 1.96. The molecule has 2 aromatic rings. The molecular weight excluding hydrogens is 256 g/mol. The second-order valence-electron chi connectivity index (χ2n) is 4.69. The van der Waals surface area contributed by atoms with Gasteiger partial charge in [0.1, 0.15) is 0 Å². The first kappa shape index (κ1) is 14.2. The third-order valence-electron chi connectivity index (χ3n) is 3.21. The predicted molar refractivity (Wildman–Crippen MR) is 77.1 cm³/mol. The van der Waals surface area contributed by atoms with Crippen LogP contribution in [0.25, 0.3) is 5.69 Å². The first-order valence-electron chi connectivity index (χ1n) is 6.54. The number of hydrogen-bond donors (Lipinski definition) is 1. The van der Waals surface area contributed by atoms with Crippen molar-refractivity contribution in [2.24, 2.45) is 0 Å². The molecule has 6 nitrogen and oxygen atoms in total. The largest absolute Gasteiger partial charge is 0.313 e. The van der Waals surface area contributed by atoms with Crippen molar-refractivity contribution >= 4 is 5.69 Å². The van der Waals surface area contributed by atoms with Gasteiger partial charge in [-0.25, -0.2) is 4.68 Å². The zero-order chi connectivity index (χ0) is 14.7. The summed E-state index contributed by atoms with van der Waals surface area (Å²) in [5, 5.41) is 18.5. The predicted octanol–water partition coefficient (Wildman–Crippen LogP) is 2.51. The standard InChI is InChI=1S/C14H18N4O2/c1-4-15-8-12-9-17(16-11(12)3)13-5-6-14(18(19)20)10(2)7-13/h5-7,9,15H,4,8H2,1-3H3. The molecule has 20 heavy (non-hydrogen) atoms. The Kier molecular flexibility index (Phi) is 4.14. The summed E-state index contributed by atoms with van der Waals surface area (Å²) >= 11 is 0. The van der Waals surface area contributed by atoms with Gasteiger partial charge < -0.3 is 5.32 Å². The number of benzene rings is 1. The van der Waals surface area contributed by atoms with Gasteiger partial charge in [0.2, 0.25) is 0 Å². The molecule has 2 rings (SSSR count). The van der Waals surface area contributed by atoms with Crippen LogP contribution >= 0.6 is 0 Å². The maximum atomic E-state index is 10.8. The van der Waals surface area contributed by atoms with E-state index in [-0.39, 0.29) is 10.6 Å². The fraction of sp³-hybridized carbons (Fsp3) is 0.357. The fourth-order valence-electron chi connectivity index (χ4n) is 2.05. The third kappa shape index (κ3) is 2.85. The van der Waals surface area contributed by atoms with Crippen molar-refractivity contribution in [3.05, 3.63) is 51.3 Å². The summed E-state index contributed by atoms with van der Waals surface area (Å²) in [4.78, 5) is 10.4. The molecule has 0 spiro atoms. The highest BCUT2D eigenvalue weighted by molar-refractivity contribution is 5.47. The van der Waals surface area contributed by atoms with Gasteiger partial charge in [-0.15, -0.1) is 0 Å². The molecule has 0 saturated heterocycles. The van der Waals surface area contributed by atoms with Crippen LogP contribution in [-0.4, -0.2) is 21.2 Å².